The first kappa shape index (κ1) is 10.3. The van der Waals surface area contributed by atoms with Gasteiger partial charge in [0, 0.05) is 11.3 Å². The molecule has 0 spiro atoms. The van der Waals surface area contributed by atoms with Crippen LogP contribution >= 0.6 is 11.9 Å². The van der Waals surface area contributed by atoms with Gasteiger partial charge in [-0.3, -0.25) is 5.14 Å². The fourth-order valence-electron chi connectivity index (χ4n) is 0.985. The zero-order valence-corrected chi connectivity index (χ0v) is 7.82. The maximum Gasteiger partial charge on any atom is 0.0364 e. The van der Waals surface area contributed by atoms with Crippen LogP contribution < -0.4 is 10.9 Å². The summed E-state index contributed by atoms with van der Waals surface area (Å²) in [5.74, 6) is 0.574. The van der Waals surface area contributed by atoms with Crippen molar-refractivity contribution in [3.05, 3.63) is 0 Å². The highest BCUT2D eigenvalue weighted by atomic mass is 32.2. The quantitative estimate of drug-likeness (QED) is 0.614. The van der Waals surface area contributed by atoms with Gasteiger partial charge in [-0.2, -0.15) is 0 Å². The SMILES string of the molecule is CC[C@H](N)C(SN)C(C)C. The number of hydrogen-bond donors (Lipinski definition) is 2. The normalized spacial score (nSPS) is 17.4. The molecule has 0 aliphatic carbocycles. The third kappa shape index (κ3) is 2.90. The number of hydrogen-bond acceptors (Lipinski definition) is 3. The van der Waals surface area contributed by atoms with Crippen LogP contribution in [0.4, 0.5) is 0 Å². The molecule has 0 saturated carbocycles. The first-order valence-corrected chi connectivity index (χ1v) is 4.68. The molecule has 2 atom stereocenters. The molecule has 4 N–H and O–H groups in total. The van der Waals surface area contributed by atoms with Crippen molar-refractivity contribution in [3.63, 3.8) is 0 Å². The summed E-state index contributed by atoms with van der Waals surface area (Å²) in [6.07, 6.45) is 1.01. The molecule has 0 saturated heterocycles. The molecule has 2 nitrogen and oxygen atoms in total. The van der Waals surface area contributed by atoms with Gasteiger partial charge in [-0.1, -0.05) is 32.7 Å². The second-order valence-corrected chi connectivity index (χ2v) is 3.73. The predicted octanol–water partition coefficient (Wildman–Crippen LogP) is 1.36. The summed E-state index contributed by atoms with van der Waals surface area (Å²) < 4.78 is 0. The van der Waals surface area contributed by atoms with Crippen molar-refractivity contribution in [2.45, 2.75) is 38.5 Å². The Bertz CT molecular complexity index is 85.7. The second-order valence-electron chi connectivity index (χ2n) is 2.92. The van der Waals surface area contributed by atoms with E-state index in [-0.39, 0.29) is 6.04 Å². The van der Waals surface area contributed by atoms with E-state index in [9.17, 15) is 0 Å². The third-order valence-corrected chi connectivity index (χ3v) is 2.92. The van der Waals surface area contributed by atoms with Gasteiger partial charge in [-0.15, -0.1) is 0 Å². The van der Waals surface area contributed by atoms with E-state index in [1.807, 2.05) is 0 Å². The minimum absolute atomic E-state index is 0.245. The molecule has 0 aromatic heterocycles. The maximum atomic E-state index is 5.83. The highest BCUT2D eigenvalue weighted by molar-refractivity contribution is 7.97. The van der Waals surface area contributed by atoms with E-state index >= 15 is 0 Å². The van der Waals surface area contributed by atoms with Gasteiger partial charge < -0.3 is 5.73 Å². The second kappa shape index (κ2) is 4.99. The van der Waals surface area contributed by atoms with E-state index in [1.165, 1.54) is 11.9 Å². The molecule has 0 heterocycles. The van der Waals surface area contributed by atoms with Gasteiger partial charge >= 0.3 is 0 Å². The molecule has 0 amide bonds. The average molecular weight is 162 g/mol. The van der Waals surface area contributed by atoms with Crippen molar-refractivity contribution in [3.8, 4) is 0 Å². The van der Waals surface area contributed by atoms with Crippen LogP contribution in [0, 0.1) is 5.92 Å². The molecule has 0 rings (SSSR count). The molecule has 0 fully saturated rings. The van der Waals surface area contributed by atoms with Crippen molar-refractivity contribution in [2.24, 2.45) is 16.8 Å². The molecular formula is C7H18N2S. The zero-order chi connectivity index (χ0) is 8.15. The summed E-state index contributed by atoms with van der Waals surface area (Å²) in [5, 5.41) is 5.89. The molecule has 0 aliphatic heterocycles. The van der Waals surface area contributed by atoms with Crippen molar-refractivity contribution < 1.29 is 0 Å². The Morgan fingerprint density at radius 2 is 1.90 bits per heavy atom. The number of rotatable bonds is 4. The molecule has 0 aliphatic rings. The standard InChI is InChI=1S/C7H18N2S/c1-4-6(8)7(10-9)5(2)3/h5-7H,4,8-9H2,1-3H3/t6-,7?/m0/s1. The molecule has 0 aromatic rings. The third-order valence-electron chi connectivity index (χ3n) is 1.71. The Hall–Kier alpha value is 0.270. The molecule has 62 valence electrons. The van der Waals surface area contributed by atoms with Gasteiger partial charge in [-0.05, 0) is 12.3 Å². The lowest BCUT2D eigenvalue weighted by atomic mass is 10.0. The first-order valence-electron chi connectivity index (χ1n) is 3.74. The molecule has 3 heteroatoms. The lowest BCUT2D eigenvalue weighted by Crippen LogP contribution is -2.36. The summed E-state index contributed by atoms with van der Waals surface area (Å²) >= 11 is 1.39. The van der Waals surface area contributed by atoms with Crippen LogP contribution in [0.1, 0.15) is 27.2 Å². The molecule has 1 unspecified atom stereocenters. The Morgan fingerprint density at radius 3 is 2.00 bits per heavy atom. The van der Waals surface area contributed by atoms with E-state index in [1.54, 1.807) is 0 Å². The van der Waals surface area contributed by atoms with Crippen LogP contribution in [-0.4, -0.2) is 11.3 Å². The Morgan fingerprint density at radius 1 is 1.40 bits per heavy atom. The number of nitrogens with two attached hydrogens (primary N) is 2. The average Bonchev–Trinajstić information content (AvgIpc) is 1.88. The van der Waals surface area contributed by atoms with E-state index in [4.69, 9.17) is 10.9 Å². The van der Waals surface area contributed by atoms with Crippen LogP contribution in [0.2, 0.25) is 0 Å². The van der Waals surface area contributed by atoms with E-state index in [0.717, 1.165) is 6.42 Å². The minimum atomic E-state index is 0.245. The summed E-state index contributed by atoms with van der Waals surface area (Å²) in [5.41, 5.74) is 5.83. The van der Waals surface area contributed by atoms with Gasteiger partial charge in [0.1, 0.15) is 0 Å². The van der Waals surface area contributed by atoms with Crippen molar-refractivity contribution in [1.29, 1.82) is 0 Å². The van der Waals surface area contributed by atoms with E-state index in [0.29, 0.717) is 11.2 Å². The maximum absolute atomic E-state index is 5.83. The molecule has 0 radical (unpaired) electrons. The van der Waals surface area contributed by atoms with Gasteiger partial charge in [0.2, 0.25) is 0 Å². The molecule has 0 aromatic carbocycles. The summed E-state index contributed by atoms with van der Waals surface area (Å²) in [6.45, 7) is 6.40. The van der Waals surface area contributed by atoms with Gasteiger partial charge in [0.25, 0.3) is 0 Å². The lowest BCUT2D eigenvalue weighted by molar-refractivity contribution is 0.503. The fraction of sp³-hybridized carbons (Fsp3) is 1.00. The van der Waals surface area contributed by atoms with E-state index < -0.39 is 0 Å². The Balaban J connectivity index is 3.80. The highest BCUT2D eigenvalue weighted by Crippen LogP contribution is 2.18. The van der Waals surface area contributed by atoms with Crippen LogP contribution in [-0.2, 0) is 0 Å². The van der Waals surface area contributed by atoms with Crippen molar-refractivity contribution in [2.75, 3.05) is 0 Å². The first-order chi connectivity index (χ1) is 4.63. The minimum Gasteiger partial charge on any atom is -0.327 e. The monoisotopic (exact) mass is 162 g/mol. The van der Waals surface area contributed by atoms with E-state index in [2.05, 4.69) is 20.8 Å². The molecular weight excluding hydrogens is 144 g/mol. The zero-order valence-electron chi connectivity index (χ0n) is 7.00. The summed E-state index contributed by atoms with van der Waals surface area (Å²) in [6, 6.07) is 0.245. The largest absolute Gasteiger partial charge is 0.327 e. The van der Waals surface area contributed by atoms with Gasteiger partial charge in [0.05, 0.1) is 0 Å². The Kier molecular flexibility index (Phi) is 5.13. The van der Waals surface area contributed by atoms with Crippen molar-refractivity contribution in [1.82, 2.24) is 0 Å². The highest BCUT2D eigenvalue weighted by Gasteiger charge is 2.18. The predicted molar refractivity (Wildman–Crippen MR) is 48.7 cm³/mol. The van der Waals surface area contributed by atoms with Crippen LogP contribution in [0.5, 0.6) is 0 Å². The smallest absolute Gasteiger partial charge is 0.0364 e. The van der Waals surface area contributed by atoms with Gasteiger partial charge in [0.15, 0.2) is 0 Å². The van der Waals surface area contributed by atoms with Crippen molar-refractivity contribution >= 4 is 11.9 Å². The van der Waals surface area contributed by atoms with Crippen LogP contribution in [0.15, 0.2) is 0 Å². The summed E-state index contributed by atoms with van der Waals surface area (Å²) in [7, 11) is 0. The van der Waals surface area contributed by atoms with Gasteiger partial charge in [-0.25, -0.2) is 0 Å². The Labute approximate surface area is 67.9 Å². The lowest BCUT2D eigenvalue weighted by Gasteiger charge is -2.23. The summed E-state index contributed by atoms with van der Waals surface area (Å²) in [4.78, 5) is 0. The van der Waals surface area contributed by atoms with Crippen LogP contribution in [0.25, 0.3) is 0 Å². The molecule has 0 bridgehead atoms. The van der Waals surface area contributed by atoms with Crippen LogP contribution in [0.3, 0.4) is 0 Å². The topological polar surface area (TPSA) is 52.0 Å². The fourth-order valence-corrected chi connectivity index (χ4v) is 1.69. The molecule has 10 heavy (non-hydrogen) atoms.